The number of amides is 3. The van der Waals surface area contributed by atoms with Crippen LogP contribution < -0.4 is 5.32 Å². The standard InChI is InChI=1S/C22H24N2O6S/c1-15(25)31-14-19(26)23-8-10-29-12-13-30-11-9-24-21(27)17-6-2-4-16-5-3-7-18(20(16)17)22(24)28/h2-7H,8-14H2,1H3,(H,23,26). The molecule has 0 fully saturated rings. The number of carbonyl (C=O) groups excluding carboxylic acids is 4. The number of nitrogens with zero attached hydrogens (tertiary/aromatic N) is 1. The lowest BCUT2D eigenvalue weighted by molar-refractivity contribution is -0.119. The van der Waals surface area contributed by atoms with Gasteiger partial charge in [0.15, 0.2) is 5.12 Å². The number of carbonyl (C=O) groups is 4. The normalized spacial score (nSPS) is 13.0. The first kappa shape index (κ1) is 22.9. The zero-order chi connectivity index (χ0) is 22.2. The van der Waals surface area contributed by atoms with E-state index in [1.54, 1.807) is 12.1 Å². The first-order valence-electron chi connectivity index (χ1n) is 9.92. The Morgan fingerprint density at radius 3 is 2.16 bits per heavy atom. The van der Waals surface area contributed by atoms with Gasteiger partial charge >= 0.3 is 0 Å². The van der Waals surface area contributed by atoms with E-state index in [0.717, 1.165) is 17.1 Å². The van der Waals surface area contributed by atoms with Crippen LogP contribution in [-0.4, -0.2) is 73.0 Å². The zero-order valence-electron chi connectivity index (χ0n) is 17.2. The van der Waals surface area contributed by atoms with Crippen LogP contribution in [0.4, 0.5) is 0 Å². The fourth-order valence-corrected chi connectivity index (χ4v) is 3.68. The summed E-state index contributed by atoms with van der Waals surface area (Å²) in [7, 11) is 0. The number of hydrogen-bond donors (Lipinski definition) is 1. The maximum atomic E-state index is 12.8. The molecule has 0 saturated carbocycles. The predicted octanol–water partition coefficient (Wildman–Crippen LogP) is 1.86. The van der Waals surface area contributed by atoms with E-state index >= 15 is 0 Å². The van der Waals surface area contributed by atoms with Gasteiger partial charge < -0.3 is 14.8 Å². The minimum atomic E-state index is -0.312. The third-order valence-corrected chi connectivity index (χ3v) is 5.48. The monoisotopic (exact) mass is 444 g/mol. The number of hydrogen-bond acceptors (Lipinski definition) is 7. The van der Waals surface area contributed by atoms with Crippen LogP contribution in [0, 0.1) is 0 Å². The Hall–Kier alpha value is -2.75. The smallest absolute Gasteiger partial charge is 0.261 e. The summed E-state index contributed by atoms with van der Waals surface area (Å²) in [4.78, 5) is 49.0. The average Bonchev–Trinajstić information content (AvgIpc) is 2.76. The van der Waals surface area contributed by atoms with Crippen molar-refractivity contribution in [3.8, 4) is 0 Å². The van der Waals surface area contributed by atoms with Gasteiger partial charge in [-0.3, -0.25) is 24.1 Å². The molecular formula is C22H24N2O6S. The largest absolute Gasteiger partial charge is 0.377 e. The number of nitrogens with one attached hydrogen (secondary N) is 1. The highest BCUT2D eigenvalue weighted by Gasteiger charge is 2.32. The highest BCUT2D eigenvalue weighted by molar-refractivity contribution is 8.14. The second kappa shape index (κ2) is 11.0. The molecule has 0 aliphatic carbocycles. The van der Waals surface area contributed by atoms with Crippen LogP contribution >= 0.6 is 11.8 Å². The summed E-state index contributed by atoms with van der Waals surface area (Å²) in [5.41, 5.74) is 1.06. The molecule has 1 aliphatic heterocycles. The molecular weight excluding hydrogens is 420 g/mol. The number of thioether (sulfide) groups is 1. The molecule has 0 atom stereocenters. The lowest BCUT2D eigenvalue weighted by Crippen LogP contribution is -2.42. The van der Waals surface area contributed by atoms with Crippen molar-refractivity contribution in [1.82, 2.24) is 10.2 Å². The van der Waals surface area contributed by atoms with Crippen LogP contribution in [-0.2, 0) is 19.1 Å². The molecule has 3 rings (SSSR count). The van der Waals surface area contributed by atoms with Crippen LogP contribution in [0.5, 0.6) is 0 Å². The Morgan fingerprint density at radius 1 is 0.935 bits per heavy atom. The molecule has 0 saturated heterocycles. The predicted molar refractivity (Wildman–Crippen MR) is 117 cm³/mol. The topological polar surface area (TPSA) is 102 Å². The van der Waals surface area contributed by atoms with Crippen molar-refractivity contribution in [1.29, 1.82) is 0 Å². The molecule has 31 heavy (non-hydrogen) atoms. The summed E-state index contributed by atoms with van der Waals surface area (Å²) >= 11 is 0.960. The number of ether oxygens (including phenoxy) is 2. The lowest BCUT2D eigenvalue weighted by Gasteiger charge is -2.27. The van der Waals surface area contributed by atoms with Gasteiger partial charge in [0.05, 0.1) is 38.7 Å². The van der Waals surface area contributed by atoms with Gasteiger partial charge in [-0.1, -0.05) is 36.0 Å². The minimum absolute atomic E-state index is 0.0993. The van der Waals surface area contributed by atoms with Crippen molar-refractivity contribution in [3.63, 3.8) is 0 Å². The third-order valence-electron chi connectivity index (χ3n) is 4.66. The van der Waals surface area contributed by atoms with Gasteiger partial charge in [-0.15, -0.1) is 0 Å². The molecule has 0 bridgehead atoms. The van der Waals surface area contributed by atoms with Crippen molar-refractivity contribution in [2.24, 2.45) is 0 Å². The lowest BCUT2D eigenvalue weighted by atomic mass is 9.94. The summed E-state index contributed by atoms with van der Waals surface area (Å²) < 4.78 is 10.9. The molecule has 1 N–H and O–H groups in total. The average molecular weight is 445 g/mol. The minimum Gasteiger partial charge on any atom is -0.377 e. The maximum absolute atomic E-state index is 12.8. The van der Waals surface area contributed by atoms with Crippen molar-refractivity contribution < 1.29 is 28.7 Å². The molecule has 8 nitrogen and oxygen atoms in total. The SMILES string of the molecule is CC(=O)SCC(=O)NCCOCCOCCN1C(=O)c2cccc3cccc(c23)C1=O. The van der Waals surface area contributed by atoms with E-state index in [2.05, 4.69) is 5.32 Å². The Bertz CT molecular complexity index is 942. The van der Waals surface area contributed by atoms with Crippen LogP contribution in [0.3, 0.4) is 0 Å². The highest BCUT2D eigenvalue weighted by Crippen LogP contribution is 2.29. The van der Waals surface area contributed by atoms with Crippen LogP contribution in [0.1, 0.15) is 27.6 Å². The van der Waals surface area contributed by atoms with E-state index in [1.165, 1.54) is 11.8 Å². The van der Waals surface area contributed by atoms with Gasteiger partial charge in [0.1, 0.15) is 0 Å². The van der Waals surface area contributed by atoms with E-state index in [-0.39, 0.29) is 41.7 Å². The number of rotatable bonds is 11. The Morgan fingerprint density at radius 2 is 1.55 bits per heavy atom. The first-order valence-corrected chi connectivity index (χ1v) is 10.9. The fourth-order valence-electron chi connectivity index (χ4n) is 3.24. The van der Waals surface area contributed by atoms with Crippen LogP contribution in [0.25, 0.3) is 10.8 Å². The summed E-state index contributed by atoms with van der Waals surface area (Å²) in [5.74, 6) is -0.736. The van der Waals surface area contributed by atoms with Crippen LogP contribution in [0.2, 0.25) is 0 Å². The summed E-state index contributed by atoms with van der Waals surface area (Å²) in [6.45, 7) is 3.07. The third kappa shape index (κ3) is 5.90. The van der Waals surface area contributed by atoms with Gasteiger partial charge in [0, 0.05) is 30.0 Å². The van der Waals surface area contributed by atoms with E-state index in [0.29, 0.717) is 42.9 Å². The van der Waals surface area contributed by atoms with Crippen molar-refractivity contribution >= 4 is 45.4 Å². The van der Waals surface area contributed by atoms with Crippen molar-refractivity contribution in [3.05, 3.63) is 47.5 Å². The highest BCUT2D eigenvalue weighted by atomic mass is 32.2. The molecule has 2 aromatic carbocycles. The molecule has 0 radical (unpaired) electrons. The van der Waals surface area contributed by atoms with E-state index in [1.807, 2.05) is 24.3 Å². The molecule has 1 aliphatic rings. The number of benzene rings is 2. The van der Waals surface area contributed by atoms with Gasteiger partial charge in [0.2, 0.25) is 5.91 Å². The maximum Gasteiger partial charge on any atom is 0.261 e. The van der Waals surface area contributed by atoms with Gasteiger partial charge in [-0.2, -0.15) is 0 Å². The second-order valence-electron chi connectivity index (χ2n) is 6.83. The van der Waals surface area contributed by atoms with Crippen molar-refractivity contribution in [2.75, 3.05) is 45.3 Å². The zero-order valence-corrected chi connectivity index (χ0v) is 18.0. The Balaban J connectivity index is 1.35. The first-order chi connectivity index (χ1) is 15.0. The van der Waals surface area contributed by atoms with E-state index < -0.39 is 0 Å². The van der Waals surface area contributed by atoms with E-state index in [4.69, 9.17) is 9.47 Å². The summed E-state index contributed by atoms with van der Waals surface area (Å²) in [6.07, 6.45) is 0. The molecule has 0 aromatic heterocycles. The molecule has 9 heteroatoms. The Kier molecular flexibility index (Phi) is 8.16. The fraction of sp³-hybridized carbons (Fsp3) is 0.364. The summed E-state index contributed by atoms with van der Waals surface area (Å²) in [5, 5.41) is 4.13. The molecule has 0 spiro atoms. The van der Waals surface area contributed by atoms with Crippen LogP contribution in [0.15, 0.2) is 36.4 Å². The molecule has 0 unspecified atom stereocenters. The van der Waals surface area contributed by atoms with E-state index in [9.17, 15) is 19.2 Å². The molecule has 2 aromatic rings. The van der Waals surface area contributed by atoms with Gasteiger partial charge in [-0.25, -0.2) is 0 Å². The molecule has 1 heterocycles. The van der Waals surface area contributed by atoms with Gasteiger partial charge in [0.25, 0.3) is 11.8 Å². The molecule has 3 amide bonds. The van der Waals surface area contributed by atoms with Crippen molar-refractivity contribution in [2.45, 2.75) is 6.92 Å². The quantitative estimate of drug-likeness (QED) is 0.417. The molecule has 164 valence electrons. The van der Waals surface area contributed by atoms with Gasteiger partial charge in [-0.05, 0) is 17.5 Å². The number of imide groups is 1. The summed E-state index contributed by atoms with van der Waals surface area (Å²) in [6, 6.07) is 10.9. The Labute approximate surface area is 184 Å². The second-order valence-corrected chi connectivity index (χ2v) is 7.98.